The van der Waals surface area contributed by atoms with Crippen LogP contribution in [0.2, 0.25) is 0 Å². The maximum Gasteiger partial charge on any atom is 0.472 e. The molecule has 0 aromatic carbocycles. The Hall–Kier alpha value is -0.700. The number of carbonyl (C=O) groups is 1. The van der Waals surface area contributed by atoms with E-state index in [0.717, 1.165) is 51.4 Å². The smallest absolute Gasteiger partial charge is 0.393 e. The van der Waals surface area contributed by atoms with Gasteiger partial charge < -0.3 is 46.0 Å². The minimum atomic E-state index is -5.11. The molecule has 1 aliphatic rings. The maximum atomic E-state index is 13.0. The monoisotopic (exact) mass is 854 g/mol. The van der Waals surface area contributed by atoms with Crippen LogP contribution in [0.15, 0.2) is 0 Å². The highest BCUT2D eigenvalue weighted by atomic mass is 31.2. The minimum Gasteiger partial charge on any atom is -0.393 e. The van der Waals surface area contributed by atoms with Gasteiger partial charge in [-0.05, 0) is 12.8 Å². The topological polar surface area (TPSA) is 226 Å². The van der Waals surface area contributed by atoms with Crippen molar-refractivity contribution >= 4 is 13.7 Å². The predicted molar refractivity (Wildman–Crippen MR) is 229 cm³/mol. The number of rotatable bonds is 39. The molecule has 0 aliphatic heterocycles. The Morgan fingerprint density at radius 3 is 1.24 bits per heavy atom. The summed E-state index contributed by atoms with van der Waals surface area (Å²) in [6.07, 6.45) is 20.1. The summed E-state index contributed by atoms with van der Waals surface area (Å²) in [4.78, 5) is 23.4. The third-order valence-electron chi connectivity index (χ3n) is 11.7. The van der Waals surface area contributed by atoms with Crippen molar-refractivity contribution in [2.75, 3.05) is 6.61 Å². The number of unbranched alkanes of at least 4 members (excludes halogenated alkanes) is 26. The molecule has 1 fully saturated rings. The molecular weight excluding hydrogens is 765 g/mol. The molecule has 13 nitrogen and oxygen atoms in total. The zero-order valence-electron chi connectivity index (χ0n) is 36.5. The van der Waals surface area contributed by atoms with Gasteiger partial charge in [-0.3, -0.25) is 13.8 Å². The van der Waals surface area contributed by atoms with Crippen LogP contribution in [-0.2, 0) is 18.4 Å². The van der Waals surface area contributed by atoms with Crippen LogP contribution in [0.1, 0.15) is 213 Å². The molecule has 1 aliphatic carbocycles. The van der Waals surface area contributed by atoms with Crippen LogP contribution in [-0.4, -0.2) is 108 Å². The molecule has 0 saturated heterocycles. The van der Waals surface area contributed by atoms with Crippen molar-refractivity contribution < 1.29 is 59.0 Å². The number of phosphoric acid groups is 1. The molecule has 0 spiro atoms. The number of carbonyl (C=O) groups excluding carboxylic acids is 1. The minimum absolute atomic E-state index is 0.216. The molecule has 0 aromatic heterocycles. The van der Waals surface area contributed by atoms with Crippen LogP contribution in [0, 0.1) is 0 Å². The molecule has 14 heteroatoms. The van der Waals surface area contributed by atoms with Gasteiger partial charge >= 0.3 is 7.82 Å². The highest BCUT2D eigenvalue weighted by molar-refractivity contribution is 7.47. The van der Waals surface area contributed by atoms with Gasteiger partial charge in [-0.2, -0.15) is 0 Å². The summed E-state index contributed by atoms with van der Waals surface area (Å²) in [5.41, 5.74) is 0. The summed E-state index contributed by atoms with van der Waals surface area (Å²) in [6.45, 7) is 3.79. The number of nitrogens with one attached hydrogen (secondary N) is 1. The average molecular weight is 854 g/mol. The Morgan fingerprint density at radius 2 is 0.862 bits per heavy atom. The van der Waals surface area contributed by atoms with E-state index in [0.29, 0.717) is 12.8 Å². The van der Waals surface area contributed by atoms with Gasteiger partial charge in [0, 0.05) is 0 Å². The van der Waals surface area contributed by atoms with Gasteiger partial charge in [0.1, 0.15) is 36.6 Å². The van der Waals surface area contributed by atoms with E-state index in [4.69, 9.17) is 9.05 Å². The summed E-state index contributed by atoms with van der Waals surface area (Å²) >= 11 is 0. The molecule has 58 heavy (non-hydrogen) atoms. The number of phosphoric ester groups is 1. The van der Waals surface area contributed by atoms with E-state index in [-0.39, 0.29) is 12.8 Å². The first kappa shape index (κ1) is 55.3. The normalized spacial score (nSPS) is 23.7. The van der Waals surface area contributed by atoms with E-state index >= 15 is 0 Å². The molecule has 9 N–H and O–H groups in total. The van der Waals surface area contributed by atoms with Gasteiger partial charge in [-0.1, -0.05) is 194 Å². The molecular formula is C44H88NO12P. The molecule has 0 radical (unpaired) electrons. The fourth-order valence-electron chi connectivity index (χ4n) is 7.83. The van der Waals surface area contributed by atoms with E-state index in [1.165, 1.54) is 122 Å². The highest BCUT2D eigenvalue weighted by Crippen LogP contribution is 2.47. The van der Waals surface area contributed by atoms with Crippen LogP contribution < -0.4 is 5.32 Å². The van der Waals surface area contributed by atoms with Gasteiger partial charge in [-0.25, -0.2) is 4.57 Å². The Balaban J connectivity index is 2.52. The number of hydrogen-bond donors (Lipinski definition) is 9. The Kier molecular flexibility index (Phi) is 33.2. The number of amides is 1. The van der Waals surface area contributed by atoms with Crippen molar-refractivity contribution in [3.8, 4) is 0 Å². The average Bonchev–Trinajstić information content (AvgIpc) is 3.19. The van der Waals surface area contributed by atoms with Crippen LogP contribution >= 0.6 is 7.82 Å². The summed E-state index contributed by atoms with van der Waals surface area (Å²) in [5, 5.41) is 74.6. The highest BCUT2D eigenvalue weighted by Gasteiger charge is 2.51. The molecule has 1 rings (SSSR count). The van der Waals surface area contributed by atoms with Crippen LogP contribution in [0.4, 0.5) is 0 Å². The van der Waals surface area contributed by atoms with E-state index in [1.807, 2.05) is 0 Å². The first-order valence-electron chi connectivity index (χ1n) is 23.6. The third kappa shape index (κ3) is 26.6. The Morgan fingerprint density at radius 1 is 0.534 bits per heavy atom. The molecule has 1 amide bonds. The van der Waals surface area contributed by atoms with Crippen molar-refractivity contribution in [3.63, 3.8) is 0 Å². The standard InChI is InChI=1S/C44H88NO12P/c1-3-5-7-9-11-13-15-17-18-19-20-22-24-26-28-30-32-37(47)36(34-56-58(54,55)57-44-42(52)40(50)39(49)41(51)43(44)53)45-38(48)33-35(46)31-29-27-25-23-21-16-14-12-10-8-6-4-2/h35-37,39-44,46-47,49-53H,3-34H2,1-2H3,(H,45,48)(H,54,55). The first-order valence-corrected chi connectivity index (χ1v) is 25.1. The summed E-state index contributed by atoms with van der Waals surface area (Å²) in [6, 6.07) is -1.15. The number of aliphatic hydroxyl groups is 7. The second kappa shape index (κ2) is 34.8. The van der Waals surface area contributed by atoms with Gasteiger partial charge in [0.05, 0.1) is 31.3 Å². The zero-order chi connectivity index (χ0) is 43.0. The van der Waals surface area contributed by atoms with Crippen molar-refractivity contribution in [1.29, 1.82) is 0 Å². The van der Waals surface area contributed by atoms with Crippen LogP contribution in [0.5, 0.6) is 0 Å². The van der Waals surface area contributed by atoms with Crippen LogP contribution in [0.25, 0.3) is 0 Å². The van der Waals surface area contributed by atoms with E-state index < -0.39 is 75.2 Å². The van der Waals surface area contributed by atoms with Crippen molar-refractivity contribution in [2.45, 2.75) is 268 Å². The lowest BCUT2D eigenvalue weighted by Crippen LogP contribution is -2.64. The van der Waals surface area contributed by atoms with Gasteiger partial charge in [0.15, 0.2) is 0 Å². The van der Waals surface area contributed by atoms with E-state index in [9.17, 15) is 50.0 Å². The molecule has 346 valence electrons. The van der Waals surface area contributed by atoms with E-state index in [2.05, 4.69) is 19.2 Å². The quantitative estimate of drug-likeness (QED) is 0.0215. The van der Waals surface area contributed by atoms with Gasteiger partial charge in [0.2, 0.25) is 5.91 Å². The SMILES string of the molecule is CCCCCCCCCCCCCCCCCCC(O)C(COP(=O)(O)OC1C(O)C(O)C(O)C(O)C1O)NC(=O)CC(O)CCCCCCCCCCCCCC. The third-order valence-corrected chi connectivity index (χ3v) is 12.7. The Labute approximate surface area is 351 Å². The largest absolute Gasteiger partial charge is 0.472 e. The van der Waals surface area contributed by atoms with Gasteiger partial charge in [0.25, 0.3) is 0 Å². The predicted octanol–water partition coefficient (Wildman–Crippen LogP) is 7.65. The fraction of sp³-hybridized carbons (Fsp3) is 0.977. The van der Waals surface area contributed by atoms with Crippen molar-refractivity contribution in [2.24, 2.45) is 0 Å². The van der Waals surface area contributed by atoms with E-state index in [1.54, 1.807) is 0 Å². The second-order valence-electron chi connectivity index (χ2n) is 17.2. The van der Waals surface area contributed by atoms with Crippen molar-refractivity contribution in [3.05, 3.63) is 0 Å². The molecule has 1 saturated carbocycles. The first-order chi connectivity index (χ1) is 27.8. The molecule has 0 bridgehead atoms. The molecule has 8 unspecified atom stereocenters. The van der Waals surface area contributed by atoms with Gasteiger partial charge in [-0.15, -0.1) is 0 Å². The summed E-state index contributed by atoms with van der Waals surface area (Å²) in [5.74, 6) is -0.557. The summed E-state index contributed by atoms with van der Waals surface area (Å²) < 4.78 is 22.9. The lowest BCUT2D eigenvalue weighted by molar-refractivity contribution is -0.220. The lowest BCUT2D eigenvalue weighted by Gasteiger charge is -2.41. The molecule has 0 heterocycles. The number of aliphatic hydroxyl groups excluding tert-OH is 7. The summed E-state index contributed by atoms with van der Waals surface area (Å²) in [7, 11) is -5.11. The second-order valence-corrected chi connectivity index (χ2v) is 18.6. The zero-order valence-corrected chi connectivity index (χ0v) is 37.4. The molecule has 8 atom stereocenters. The number of hydrogen-bond acceptors (Lipinski definition) is 11. The molecule has 0 aromatic rings. The Bertz CT molecular complexity index is 1010. The maximum absolute atomic E-state index is 13.0. The fourth-order valence-corrected chi connectivity index (χ4v) is 8.80. The lowest BCUT2D eigenvalue weighted by atomic mass is 9.85. The van der Waals surface area contributed by atoms with Crippen molar-refractivity contribution in [1.82, 2.24) is 5.32 Å². The van der Waals surface area contributed by atoms with Crippen LogP contribution in [0.3, 0.4) is 0 Å².